The molecule has 1 amide bonds. The molecular formula is C26H39N3O4S. The SMILES string of the molecule is O=C(NC1C2CC3CC1CC(O)(C3)C2)c1onc(OCC2CCNCC2)c1SC1CCCCC1. The second-order valence-electron chi connectivity index (χ2n) is 11.7. The summed E-state index contributed by atoms with van der Waals surface area (Å²) in [5.41, 5.74) is -0.498. The van der Waals surface area contributed by atoms with Crippen LogP contribution in [0, 0.1) is 23.7 Å². The van der Waals surface area contributed by atoms with Gasteiger partial charge in [0.05, 0.1) is 12.2 Å². The van der Waals surface area contributed by atoms with E-state index in [9.17, 15) is 9.90 Å². The lowest BCUT2D eigenvalue weighted by molar-refractivity contribution is -0.137. The molecular weight excluding hydrogens is 450 g/mol. The third-order valence-corrected chi connectivity index (χ3v) is 10.5. The number of hydrogen-bond donors (Lipinski definition) is 3. The molecule has 0 aromatic carbocycles. The second kappa shape index (κ2) is 9.66. The maximum atomic E-state index is 13.5. The van der Waals surface area contributed by atoms with Gasteiger partial charge >= 0.3 is 0 Å². The molecule has 6 fully saturated rings. The molecule has 4 bridgehead atoms. The molecule has 2 unspecified atom stereocenters. The molecule has 0 spiro atoms. The van der Waals surface area contributed by atoms with E-state index in [1.807, 2.05) is 0 Å². The van der Waals surface area contributed by atoms with Crippen molar-refractivity contribution in [3.05, 3.63) is 5.76 Å². The predicted molar refractivity (Wildman–Crippen MR) is 130 cm³/mol. The maximum absolute atomic E-state index is 13.5. The van der Waals surface area contributed by atoms with Crippen LogP contribution < -0.4 is 15.4 Å². The van der Waals surface area contributed by atoms with Crippen LogP contribution in [0.25, 0.3) is 0 Å². The number of carbonyl (C=O) groups is 1. The zero-order valence-electron chi connectivity index (χ0n) is 20.1. The monoisotopic (exact) mass is 489 g/mol. The van der Waals surface area contributed by atoms with Crippen molar-refractivity contribution in [2.75, 3.05) is 19.7 Å². The Morgan fingerprint density at radius 1 is 1.12 bits per heavy atom. The fourth-order valence-corrected chi connectivity index (χ4v) is 8.97. The average molecular weight is 490 g/mol. The molecule has 5 saturated carbocycles. The number of thioether (sulfide) groups is 1. The molecule has 3 N–H and O–H groups in total. The maximum Gasteiger partial charge on any atom is 0.291 e. The Morgan fingerprint density at radius 3 is 2.56 bits per heavy atom. The molecule has 188 valence electrons. The third kappa shape index (κ3) is 4.74. The molecule has 2 atom stereocenters. The Hall–Kier alpha value is -1.25. The molecule has 0 radical (unpaired) electrons. The van der Waals surface area contributed by atoms with Gasteiger partial charge in [0.25, 0.3) is 11.8 Å². The van der Waals surface area contributed by atoms with Crippen molar-refractivity contribution in [1.82, 2.24) is 15.8 Å². The summed E-state index contributed by atoms with van der Waals surface area (Å²) < 4.78 is 11.9. The van der Waals surface area contributed by atoms with E-state index in [4.69, 9.17) is 9.26 Å². The number of amides is 1. The van der Waals surface area contributed by atoms with Gasteiger partial charge in [-0.25, -0.2) is 0 Å². The molecule has 1 aliphatic heterocycles. The Bertz CT molecular complexity index is 863. The fourth-order valence-electron chi connectivity index (χ4n) is 7.64. The summed E-state index contributed by atoms with van der Waals surface area (Å²) in [6, 6.07) is 0.126. The van der Waals surface area contributed by atoms with E-state index < -0.39 is 5.60 Å². The summed E-state index contributed by atoms with van der Waals surface area (Å²) in [7, 11) is 0. The molecule has 1 aromatic rings. The number of ether oxygens (including phenoxy) is 1. The normalized spacial score (nSPS) is 36.0. The van der Waals surface area contributed by atoms with Crippen molar-refractivity contribution in [2.45, 2.75) is 98.8 Å². The van der Waals surface area contributed by atoms with Crippen molar-refractivity contribution in [1.29, 1.82) is 0 Å². The first-order chi connectivity index (χ1) is 16.6. The van der Waals surface area contributed by atoms with Gasteiger partial charge < -0.3 is 25.0 Å². The zero-order chi connectivity index (χ0) is 23.1. The molecule has 7 rings (SSSR count). The number of aliphatic hydroxyl groups is 1. The van der Waals surface area contributed by atoms with Gasteiger partial charge in [-0.15, -0.1) is 11.8 Å². The van der Waals surface area contributed by atoms with Crippen molar-refractivity contribution in [3.63, 3.8) is 0 Å². The van der Waals surface area contributed by atoms with Gasteiger partial charge in [-0.05, 0) is 99.7 Å². The summed E-state index contributed by atoms with van der Waals surface area (Å²) >= 11 is 1.74. The highest BCUT2D eigenvalue weighted by Gasteiger charge is 2.55. The first-order valence-electron chi connectivity index (χ1n) is 13.6. The fraction of sp³-hybridized carbons (Fsp3) is 0.846. The van der Waals surface area contributed by atoms with E-state index in [1.54, 1.807) is 11.8 Å². The summed E-state index contributed by atoms with van der Waals surface area (Å²) in [4.78, 5) is 14.3. The molecule has 1 aromatic heterocycles. The smallest absolute Gasteiger partial charge is 0.291 e. The van der Waals surface area contributed by atoms with Gasteiger partial charge in [-0.1, -0.05) is 19.3 Å². The van der Waals surface area contributed by atoms with Crippen LogP contribution in [0.15, 0.2) is 9.42 Å². The largest absolute Gasteiger partial charge is 0.474 e. The van der Waals surface area contributed by atoms with Crippen LogP contribution in [0.5, 0.6) is 5.88 Å². The molecule has 7 nitrogen and oxygen atoms in total. The Labute approximate surface area is 206 Å². The number of nitrogens with one attached hydrogen (secondary N) is 2. The second-order valence-corrected chi connectivity index (χ2v) is 13.0. The molecule has 34 heavy (non-hydrogen) atoms. The number of carbonyl (C=O) groups excluding carboxylic acids is 1. The summed E-state index contributed by atoms with van der Waals surface area (Å²) in [5.74, 6) is 2.53. The van der Waals surface area contributed by atoms with E-state index in [-0.39, 0.29) is 11.9 Å². The molecule has 1 saturated heterocycles. The van der Waals surface area contributed by atoms with Crippen molar-refractivity contribution in [3.8, 4) is 5.88 Å². The van der Waals surface area contributed by atoms with Crippen molar-refractivity contribution < 1.29 is 19.2 Å². The van der Waals surface area contributed by atoms with E-state index in [0.29, 0.717) is 47.2 Å². The lowest BCUT2D eigenvalue weighted by Crippen LogP contribution is -2.61. The molecule has 5 aliphatic carbocycles. The van der Waals surface area contributed by atoms with Crippen LogP contribution in [0.2, 0.25) is 0 Å². The van der Waals surface area contributed by atoms with Crippen LogP contribution in [-0.4, -0.2) is 52.8 Å². The highest BCUT2D eigenvalue weighted by atomic mass is 32.2. The minimum atomic E-state index is -0.498. The van der Waals surface area contributed by atoms with E-state index in [1.165, 1.54) is 19.3 Å². The lowest BCUT2D eigenvalue weighted by Gasteiger charge is -2.58. The minimum Gasteiger partial charge on any atom is -0.474 e. The zero-order valence-corrected chi connectivity index (χ0v) is 20.9. The van der Waals surface area contributed by atoms with Crippen LogP contribution in [0.1, 0.15) is 87.6 Å². The van der Waals surface area contributed by atoms with E-state index in [2.05, 4.69) is 15.8 Å². The molecule has 2 heterocycles. The summed E-state index contributed by atoms with van der Waals surface area (Å²) in [6.45, 7) is 2.69. The minimum absolute atomic E-state index is 0.126. The average Bonchev–Trinajstić information content (AvgIpc) is 3.22. The third-order valence-electron chi connectivity index (χ3n) is 9.12. The van der Waals surface area contributed by atoms with Crippen LogP contribution in [0.3, 0.4) is 0 Å². The van der Waals surface area contributed by atoms with Gasteiger partial charge in [-0.2, -0.15) is 0 Å². The molecule has 8 heteroatoms. The Morgan fingerprint density at radius 2 is 1.85 bits per heavy atom. The lowest BCUT2D eigenvalue weighted by atomic mass is 9.52. The number of nitrogens with zero attached hydrogens (tertiary/aromatic N) is 1. The topological polar surface area (TPSA) is 96.6 Å². The number of hydrogen-bond acceptors (Lipinski definition) is 7. The van der Waals surface area contributed by atoms with Crippen LogP contribution in [-0.2, 0) is 0 Å². The van der Waals surface area contributed by atoms with E-state index >= 15 is 0 Å². The number of rotatable bonds is 7. The van der Waals surface area contributed by atoms with Gasteiger partial charge in [0, 0.05) is 11.3 Å². The van der Waals surface area contributed by atoms with Crippen LogP contribution >= 0.6 is 11.8 Å². The van der Waals surface area contributed by atoms with E-state index in [0.717, 1.165) is 75.8 Å². The van der Waals surface area contributed by atoms with Crippen molar-refractivity contribution in [2.24, 2.45) is 23.7 Å². The first kappa shape index (κ1) is 23.2. The summed E-state index contributed by atoms with van der Waals surface area (Å²) in [5, 5.41) is 22.4. The quantitative estimate of drug-likeness (QED) is 0.529. The molecule has 6 aliphatic rings. The van der Waals surface area contributed by atoms with Gasteiger partial charge in [0.15, 0.2) is 0 Å². The highest BCUT2D eigenvalue weighted by Crippen LogP contribution is 2.55. The van der Waals surface area contributed by atoms with Crippen molar-refractivity contribution >= 4 is 17.7 Å². The standard InChI is InChI=1S/C26H39N3O4S/c30-24(28-21-18-10-17-11-19(21)14-26(31,12-17)13-18)22-23(34-20-4-2-1-3-5-20)25(29-33-22)32-15-16-6-8-27-9-7-16/h16-21,27,31H,1-15H2,(H,28,30). The summed E-state index contributed by atoms with van der Waals surface area (Å²) in [6.07, 6.45) is 13.1. The van der Waals surface area contributed by atoms with Gasteiger partial charge in [0.2, 0.25) is 5.76 Å². The van der Waals surface area contributed by atoms with Gasteiger partial charge in [-0.3, -0.25) is 4.79 Å². The number of aromatic nitrogens is 1. The van der Waals surface area contributed by atoms with Crippen LogP contribution in [0.4, 0.5) is 0 Å². The first-order valence-corrected chi connectivity index (χ1v) is 14.5. The highest BCUT2D eigenvalue weighted by molar-refractivity contribution is 8.00. The Balaban J connectivity index is 1.18. The van der Waals surface area contributed by atoms with Gasteiger partial charge in [0.1, 0.15) is 4.90 Å². The predicted octanol–water partition coefficient (Wildman–Crippen LogP) is 4.15. The number of piperidine rings is 1. The Kier molecular flexibility index (Phi) is 6.58.